The maximum Gasteiger partial charge on any atom is 0.193 e. The molecule has 2 aromatic carbocycles. The second-order valence-corrected chi connectivity index (χ2v) is 4.65. The summed E-state index contributed by atoms with van der Waals surface area (Å²) in [4.78, 5) is 4.16. The third kappa shape index (κ3) is 5.73. The molecule has 4 N–H and O–H groups in total. The fourth-order valence-corrected chi connectivity index (χ4v) is 1.88. The van der Waals surface area contributed by atoms with Crippen LogP contribution >= 0.6 is 24.0 Å². The summed E-state index contributed by atoms with van der Waals surface area (Å²) in [5, 5.41) is 13.0. The molecule has 5 heteroatoms. The quantitative estimate of drug-likeness (QED) is 0.422. The monoisotopic (exact) mass is 397 g/mol. The number of benzene rings is 2. The van der Waals surface area contributed by atoms with Gasteiger partial charge in [0.1, 0.15) is 0 Å². The third-order valence-electron chi connectivity index (χ3n) is 2.91. The topological polar surface area (TPSA) is 70.6 Å². The van der Waals surface area contributed by atoms with E-state index in [1.165, 1.54) is 0 Å². The van der Waals surface area contributed by atoms with Crippen LogP contribution in [0.15, 0.2) is 59.6 Å². The van der Waals surface area contributed by atoms with E-state index in [2.05, 4.69) is 10.3 Å². The minimum Gasteiger partial charge on any atom is -0.386 e. The summed E-state index contributed by atoms with van der Waals surface area (Å²) < 4.78 is 0. The Bertz CT molecular complexity index is 587. The Morgan fingerprint density at radius 1 is 1.19 bits per heavy atom. The summed E-state index contributed by atoms with van der Waals surface area (Å²) in [5.74, 6) is 0.294. The minimum atomic E-state index is -0.647. The number of anilines is 1. The van der Waals surface area contributed by atoms with Gasteiger partial charge in [0.2, 0.25) is 0 Å². The second-order valence-electron chi connectivity index (χ2n) is 4.65. The standard InChI is InChI=1S/C16H19N3O.HI/c1-12-6-5-7-13(10-12)15(20)11-18-16(17)19-14-8-3-2-4-9-14;/h2-10,15,20H,11H2,1H3,(H3,17,18,19);1H. The lowest BCUT2D eigenvalue weighted by molar-refractivity contribution is 0.187. The summed E-state index contributed by atoms with van der Waals surface area (Å²) in [5.41, 5.74) is 8.62. The number of para-hydroxylation sites is 1. The number of aliphatic hydroxyl groups excluding tert-OH is 1. The first kappa shape index (κ1) is 17.5. The van der Waals surface area contributed by atoms with Crippen molar-refractivity contribution in [2.24, 2.45) is 10.7 Å². The molecule has 0 aromatic heterocycles. The van der Waals surface area contributed by atoms with E-state index < -0.39 is 6.10 Å². The first-order valence-electron chi connectivity index (χ1n) is 6.52. The normalized spacial score (nSPS) is 12.4. The van der Waals surface area contributed by atoms with Crippen LogP contribution in [-0.2, 0) is 0 Å². The van der Waals surface area contributed by atoms with Crippen molar-refractivity contribution < 1.29 is 5.11 Å². The maximum atomic E-state index is 10.1. The fraction of sp³-hybridized carbons (Fsp3) is 0.188. The molecule has 0 fully saturated rings. The molecular formula is C16H20IN3O. The lowest BCUT2D eigenvalue weighted by Gasteiger charge is -2.10. The number of hydrogen-bond acceptors (Lipinski definition) is 2. The lowest BCUT2D eigenvalue weighted by Crippen LogP contribution is -2.23. The van der Waals surface area contributed by atoms with E-state index in [1.54, 1.807) is 0 Å². The van der Waals surface area contributed by atoms with Gasteiger partial charge in [-0.1, -0.05) is 48.0 Å². The van der Waals surface area contributed by atoms with Gasteiger partial charge in [0.05, 0.1) is 12.6 Å². The number of nitrogens with one attached hydrogen (secondary N) is 1. The number of rotatable bonds is 4. The van der Waals surface area contributed by atoms with Crippen LogP contribution < -0.4 is 11.1 Å². The molecule has 0 aliphatic rings. The SMILES string of the molecule is Cc1cccc(C(O)CN=C(N)Nc2ccccc2)c1.I. The van der Waals surface area contributed by atoms with E-state index >= 15 is 0 Å². The average Bonchev–Trinajstić information content (AvgIpc) is 2.46. The number of nitrogens with zero attached hydrogens (tertiary/aromatic N) is 1. The van der Waals surface area contributed by atoms with E-state index in [1.807, 2.05) is 61.5 Å². The van der Waals surface area contributed by atoms with E-state index in [-0.39, 0.29) is 30.5 Å². The molecule has 2 aromatic rings. The van der Waals surface area contributed by atoms with Crippen LogP contribution in [0.25, 0.3) is 0 Å². The first-order valence-corrected chi connectivity index (χ1v) is 6.52. The van der Waals surface area contributed by atoms with Crippen molar-refractivity contribution >= 4 is 35.6 Å². The molecular weight excluding hydrogens is 377 g/mol. The van der Waals surface area contributed by atoms with Gasteiger partial charge in [-0.25, -0.2) is 0 Å². The van der Waals surface area contributed by atoms with Crippen molar-refractivity contribution in [3.8, 4) is 0 Å². The number of aryl methyl sites for hydroxylation is 1. The van der Waals surface area contributed by atoms with Crippen molar-refractivity contribution in [3.63, 3.8) is 0 Å². The molecule has 1 unspecified atom stereocenters. The minimum absolute atomic E-state index is 0. The zero-order chi connectivity index (χ0) is 14.4. The largest absolute Gasteiger partial charge is 0.386 e. The molecule has 0 saturated heterocycles. The molecule has 1 atom stereocenters. The van der Waals surface area contributed by atoms with Crippen LogP contribution in [0.4, 0.5) is 5.69 Å². The highest BCUT2D eigenvalue weighted by Crippen LogP contribution is 2.14. The maximum absolute atomic E-state index is 10.1. The van der Waals surface area contributed by atoms with Crippen LogP contribution in [0.3, 0.4) is 0 Å². The Morgan fingerprint density at radius 2 is 1.90 bits per heavy atom. The molecule has 0 radical (unpaired) electrons. The molecule has 0 aliphatic carbocycles. The average molecular weight is 397 g/mol. The number of aliphatic imine (C=N–C) groups is 1. The summed E-state index contributed by atoms with van der Waals surface area (Å²) in [6.45, 7) is 2.22. The predicted molar refractivity (Wildman–Crippen MR) is 98.1 cm³/mol. The highest BCUT2D eigenvalue weighted by molar-refractivity contribution is 14.0. The van der Waals surface area contributed by atoms with Crippen LogP contribution in [0.1, 0.15) is 17.2 Å². The van der Waals surface area contributed by atoms with Crippen LogP contribution in [-0.4, -0.2) is 17.6 Å². The Labute approximate surface area is 142 Å². The molecule has 21 heavy (non-hydrogen) atoms. The zero-order valence-electron chi connectivity index (χ0n) is 11.9. The Balaban J connectivity index is 0.00000220. The molecule has 0 spiro atoms. The van der Waals surface area contributed by atoms with Crippen LogP contribution in [0.2, 0.25) is 0 Å². The van der Waals surface area contributed by atoms with Crippen LogP contribution in [0.5, 0.6) is 0 Å². The lowest BCUT2D eigenvalue weighted by atomic mass is 10.1. The zero-order valence-corrected chi connectivity index (χ0v) is 14.2. The van der Waals surface area contributed by atoms with Gasteiger partial charge in [0.15, 0.2) is 5.96 Å². The number of hydrogen-bond donors (Lipinski definition) is 3. The molecule has 0 aliphatic heterocycles. The van der Waals surface area contributed by atoms with Crippen molar-refractivity contribution in [1.82, 2.24) is 0 Å². The molecule has 0 saturated carbocycles. The van der Waals surface area contributed by atoms with E-state index in [9.17, 15) is 5.11 Å². The van der Waals surface area contributed by atoms with Crippen molar-refractivity contribution in [3.05, 3.63) is 65.7 Å². The Hall–Kier alpha value is -1.60. The Kier molecular flexibility index (Phi) is 7.18. The molecule has 0 bridgehead atoms. The highest BCUT2D eigenvalue weighted by atomic mass is 127. The molecule has 0 amide bonds. The summed E-state index contributed by atoms with van der Waals surface area (Å²) in [6, 6.07) is 17.3. The van der Waals surface area contributed by atoms with Gasteiger partial charge in [-0.3, -0.25) is 4.99 Å². The van der Waals surface area contributed by atoms with E-state index in [0.717, 1.165) is 16.8 Å². The predicted octanol–water partition coefficient (Wildman–Crippen LogP) is 3.07. The van der Waals surface area contributed by atoms with Crippen molar-refractivity contribution in [2.75, 3.05) is 11.9 Å². The van der Waals surface area contributed by atoms with Gasteiger partial charge in [-0.05, 0) is 24.6 Å². The number of aliphatic hydroxyl groups is 1. The van der Waals surface area contributed by atoms with Crippen molar-refractivity contribution in [1.29, 1.82) is 0 Å². The van der Waals surface area contributed by atoms with Gasteiger partial charge < -0.3 is 16.2 Å². The molecule has 4 nitrogen and oxygen atoms in total. The van der Waals surface area contributed by atoms with Crippen LogP contribution in [0, 0.1) is 6.92 Å². The van der Waals surface area contributed by atoms with Gasteiger partial charge in [-0.15, -0.1) is 24.0 Å². The van der Waals surface area contributed by atoms with E-state index in [4.69, 9.17) is 5.73 Å². The second kappa shape index (κ2) is 8.63. The Morgan fingerprint density at radius 3 is 2.57 bits per heavy atom. The van der Waals surface area contributed by atoms with Gasteiger partial charge in [-0.2, -0.15) is 0 Å². The van der Waals surface area contributed by atoms with Crippen molar-refractivity contribution in [2.45, 2.75) is 13.0 Å². The van der Waals surface area contributed by atoms with Gasteiger partial charge >= 0.3 is 0 Å². The number of nitrogens with two attached hydrogens (primary N) is 1. The summed E-state index contributed by atoms with van der Waals surface area (Å²) >= 11 is 0. The highest BCUT2D eigenvalue weighted by Gasteiger charge is 2.06. The summed E-state index contributed by atoms with van der Waals surface area (Å²) in [6.07, 6.45) is -0.647. The first-order chi connectivity index (χ1) is 9.65. The molecule has 2 rings (SSSR count). The molecule has 112 valence electrons. The number of halogens is 1. The molecule has 0 heterocycles. The third-order valence-corrected chi connectivity index (χ3v) is 2.91. The summed E-state index contributed by atoms with van der Waals surface area (Å²) in [7, 11) is 0. The fourth-order valence-electron chi connectivity index (χ4n) is 1.88. The number of guanidine groups is 1. The van der Waals surface area contributed by atoms with E-state index in [0.29, 0.717) is 5.96 Å². The van der Waals surface area contributed by atoms with Gasteiger partial charge in [0, 0.05) is 5.69 Å². The smallest absolute Gasteiger partial charge is 0.193 e. The van der Waals surface area contributed by atoms with Gasteiger partial charge in [0.25, 0.3) is 0 Å².